The molecular weight excluding hydrogens is 449 g/mol. The minimum absolute atomic E-state index is 0. The van der Waals surface area contributed by atoms with Crippen LogP contribution in [0.5, 0.6) is 0 Å². The Morgan fingerprint density at radius 3 is 2.76 bits per heavy atom. The minimum Gasteiger partial charge on any atom is -0.357 e. The smallest absolute Gasteiger partial charge is 0.191 e. The Labute approximate surface area is 169 Å². The molecule has 0 bridgehead atoms. The third-order valence-electron chi connectivity index (χ3n) is 3.75. The van der Waals surface area contributed by atoms with Gasteiger partial charge in [0.05, 0.1) is 6.54 Å². The lowest BCUT2D eigenvalue weighted by molar-refractivity contribution is 0.786. The standard InChI is InChI=1S/C18H20ClN5.HI/c1-20-18(21-9-8-13-6-7-17(19)22-11-13)23-12-15-10-14-4-2-3-5-16(14)24-15;/h2-7,10-11,24H,8-9,12H2,1H3,(H2,20,21,23);1H. The molecule has 0 aliphatic rings. The van der Waals surface area contributed by atoms with E-state index in [0.717, 1.165) is 35.7 Å². The summed E-state index contributed by atoms with van der Waals surface area (Å²) in [4.78, 5) is 11.7. The first-order valence-corrected chi connectivity index (χ1v) is 8.24. The van der Waals surface area contributed by atoms with Gasteiger partial charge in [0.1, 0.15) is 5.15 Å². The van der Waals surface area contributed by atoms with E-state index in [9.17, 15) is 0 Å². The van der Waals surface area contributed by atoms with Crippen LogP contribution in [-0.2, 0) is 13.0 Å². The predicted molar refractivity (Wildman–Crippen MR) is 115 cm³/mol. The number of benzene rings is 1. The van der Waals surface area contributed by atoms with Gasteiger partial charge in [0.2, 0.25) is 0 Å². The van der Waals surface area contributed by atoms with E-state index in [4.69, 9.17) is 11.6 Å². The number of hydrogen-bond acceptors (Lipinski definition) is 2. The van der Waals surface area contributed by atoms with Crippen LogP contribution in [0, 0.1) is 0 Å². The van der Waals surface area contributed by atoms with Crippen molar-refractivity contribution >= 4 is 52.4 Å². The number of halogens is 2. The van der Waals surface area contributed by atoms with Crippen molar-refractivity contribution in [1.29, 1.82) is 0 Å². The van der Waals surface area contributed by atoms with Crippen LogP contribution < -0.4 is 10.6 Å². The highest BCUT2D eigenvalue weighted by Crippen LogP contribution is 2.14. The fraction of sp³-hybridized carbons (Fsp3) is 0.222. The van der Waals surface area contributed by atoms with E-state index >= 15 is 0 Å². The van der Waals surface area contributed by atoms with Crippen molar-refractivity contribution in [3.8, 4) is 0 Å². The second-order valence-corrected chi connectivity index (χ2v) is 5.86. The van der Waals surface area contributed by atoms with Crippen LogP contribution in [0.1, 0.15) is 11.3 Å². The summed E-state index contributed by atoms with van der Waals surface area (Å²) >= 11 is 5.79. The van der Waals surface area contributed by atoms with E-state index in [1.807, 2.05) is 18.2 Å². The highest BCUT2D eigenvalue weighted by atomic mass is 127. The first kappa shape index (κ1) is 19.5. The first-order chi connectivity index (χ1) is 11.7. The largest absolute Gasteiger partial charge is 0.357 e. The number of fused-ring (bicyclic) bond motifs is 1. The third-order valence-corrected chi connectivity index (χ3v) is 3.97. The quantitative estimate of drug-likeness (QED) is 0.231. The van der Waals surface area contributed by atoms with Gasteiger partial charge in [-0.2, -0.15) is 0 Å². The molecule has 3 N–H and O–H groups in total. The summed E-state index contributed by atoms with van der Waals surface area (Å²) < 4.78 is 0. The number of rotatable bonds is 5. The van der Waals surface area contributed by atoms with Crippen LogP contribution in [0.2, 0.25) is 5.15 Å². The van der Waals surface area contributed by atoms with Gasteiger partial charge >= 0.3 is 0 Å². The Morgan fingerprint density at radius 2 is 2.04 bits per heavy atom. The van der Waals surface area contributed by atoms with Crippen molar-refractivity contribution in [1.82, 2.24) is 20.6 Å². The number of aromatic amines is 1. The second-order valence-electron chi connectivity index (χ2n) is 5.47. The van der Waals surface area contributed by atoms with E-state index in [1.54, 1.807) is 19.3 Å². The Bertz CT molecular complexity index is 796. The predicted octanol–water partition coefficient (Wildman–Crippen LogP) is 3.74. The zero-order valence-corrected chi connectivity index (χ0v) is 17.0. The average Bonchev–Trinajstić information content (AvgIpc) is 3.02. The molecule has 3 rings (SSSR count). The number of aliphatic imine (C=N–C) groups is 1. The normalized spacial score (nSPS) is 11.2. The van der Waals surface area contributed by atoms with Gasteiger partial charge < -0.3 is 15.6 Å². The lowest BCUT2D eigenvalue weighted by Crippen LogP contribution is -2.37. The summed E-state index contributed by atoms with van der Waals surface area (Å²) in [6, 6.07) is 14.2. The molecule has 0 unspecified atom stereocenters. The third kappa shape index (κ3) is 5.61. The molecule has 0 atom stereocenters. The van der Waals surface area contributed by atoms with Crippen molar-refractivity contribution < 1.29 is 0 Å². The highest BCUT2D eigenvalue weighted by molar-refractivity contribution is 14.0. The van der Waals surface area contributed by atoms with Gasteiger partial charge in [-0.25, -0.2) is 4.98 Å². The molecule has 132 valence electrons. The summed E-state index contributed by atoms with van der Waals surface area (Å²) in [7, 11) is 1.77. The second kappa shape index (κ2) is 9.62. The van der Waals surface area contributed by atoms with Crippen molar-refractivity contribution in [3.05, 3.63) is 65.1 Å². The van der Waals surface area contributed by atoms with Crippen LogP contribution in [0.3, 0.4) is 0 Å². The molecule has 25 heavy (non-hydrogen) atoms. The molecule has 0 aliphatic heterocycles. The maximum atomic E-state index is 5.79. The van der Waals surface area contributed by atoms with Gasteiger partial charge in [0.25, 0.3) is 0 Å². The summed E-state index contributed by atoms with van der Waals surface area (Å²) in [5, 5.41) is 8.35. The highest BCUT2D eigenvalue weighted by Gasteiger charge is 2.02. The molecule has 0 fully saturated rings. The van der Waals surface area contributed by atoms with Crippen LogP contribution in [0.4, 0.5) is 0 Å². The summed E-state index contributed by atoms with van der Waals surface area (Å²) in [6.07, 6.45) is 2.65. The molecule has 0 saturated carbocycles. The molecule has 0 spiro atoms. The molecule has 3 aromatic rings. The average molecular weight is 470 g/mol. The molecule has 1 aromatic carbocycles. The molecule has 0 saturated heterocycles. The molecule has 7 heteroatoms. The number of aromatic nitrogens is 2. The first-order valence-electron chi connectivity index (χ1n) is 7.86. The van der Waals surface area contributed by atoms with Crippen molar-refractivity contribution in [2.75, 3.05) is 13.6 Å². The fourth-order valence-electron chi connectivity index (χ4n) is 2.51. The van der Waals surface area contributed by atoms with Crippen molar-refractivity contribution in [2.24, 2.45) is 4.99 Å². The van der Waals surface area contributed by atoms with E-state index in [2.05, 4.69) is 43.8 Å². The van der Waals surface area contributed by atoms with E-state index in [-0.39, 0.29) is 24.0 Å². The molecule has 2 heterocycles. The zero-order chi connectivity index (χ0) is 16.8. The van der Waals surface area contributed by atoms with Crippen LogP contribution in [0.15, 0.2) is 53.7 Å². The number of para-hydroxylation sites is 1. The van der Waals surface area contributed by atoms with Gasteiger partial charge in [0, 0.05) is 31.0 Å². The number of guanidine groups is 1. The van der Waals surface area contributed by atoms with E-state index < -0.39 is 0 Å². The summed E-state index contributed by atoms with van der Waals surface area (Å²) in [6.45, 7) is 1.46. The Balaban J connectivity index is 0.00000225. The number of pyridine rings is 1. The Kier molecular flexibility index (Phi) is 7.52. The number of H-pyrrole nitrogens is 1. The molecule has 0 aliphatic carbocycles. The summed E-state index contributed by atoms with van der Waals surface area (Å²) in [5.41, 5.74) is 3.41. The fourth-order valence-corrected chi connectivity index (χ4v) is 2.62. The van der Waals surface area contributed by atoms with Crippen LogP contribution in [-0.4, -0.2) is 29.5 Å². The van der Waals surface area contributed by atoms with Gasteiger partial charge in [-0.1, -0.05) is 35.9 Å². The van der Waals surface area contributed by atoms with E-state index in [0.29, 0.717) is 11.7 Å². The lowest BCUT2D eigenvalue weighted by atomic mass is 10.2. The van der Waals surface area contributed by atoms with Crippen molar-refractivity contribution in [2.45, 2.75) is 13.0 Å². The maximum absolute atomic E-state index is 5.79. The topological polar surface area (TPSA) is 65.1 Å². The SMILES string of the molecule is CN=C(NCCc1ccc(Cl)nc1)NCc1cc2ccccc2[nH]1.I. The number of hydrogen-bond donors (Lipinski definition) is 3. The molecule has 2 aromatic heterocycles. The number of nitrogens with one attached hydrogen (secondary N) is 3. The van der Waals surface area contributed by atoms with Gasteiger partial charge in [0.15, 0.2) is 5.96 Å². The van der Waals surface area contributed by atoms with Crippen molar-refractivity contribution in [3.63, 3.8) is 0 Å². The van der Waals surface area contributed by atoms with Gasteiger partial charge in [-0.05, 0) is 35.6 Å². The molecular formula is C18H21ClIN5. The maximum Gasteiger partial charge on any atom is 0.191 e. The molecule has 0 radical (unpaired) electrons. The summed E-state index contributed by atoms with van der Waals surface area (Å²) in [5.74, 6) is 0.774. The van der Waals surface area contributed by atoms with E-state index in [1.165, 1.54) is 5.39 Å². The van der Waals surface area contributed by atoms with Crippen LogP contribution in [0.25, 0.3) is 10.9 Å². The minimum atomic E-state index is 0. The zero-order valence-electron chi connectivity index (χ0n) is 13.9. The molecule has 0 amide bonds. The monoisotopic (exact) mass is 469 g/mol. The van der Waals surface area contributed by atoms with Gasteiger partial charge in [-0.15, -0.1) is 24.0 Å². The van der Waals surface area contributed by atoms with Crippen LogP contribution >= 0.6 is 35.6 Å². The van der Waals surface area contributed by atoms with Gasteiger partial charge in [-0.3, -0.25) is 4.99 Å². The Hall–Kier alpha value is -1.80. The number of nitrogens with zero attached hydrogens (tertiary/aromatic N) is 2. The molecule has 5 nitrogen and oxygen atoms in total. The Morgan fingerprint density at radius 1 is 1.20 bits per heavy atom. The lowest BCUT2D eigenvalue weighted by Gasteiger charge is -2.11.